The summed E-state index contributed by atoms with van der Waals surface area (Å²) in [5.74, 6) is -3.71. The smallest absolute Gasteiger partial charge is 0.307 e. The monoisotopic (exact) mass is 512 g/mol. The molecule has 1 saturated heterocycles. The number of aromatic nitrogens is 1. The van der Waals surface area contributed by atoms with E-state index in [0.717, 1.165) is 41.1 Å². The van der Waals surface area contributed by atoms with E-state index in [0.29, 0.717) is 36.0 Å². The molecule has 0 bridgehead atoms. The van der Waals surface area contributed by atoms with Gasteiger partial charge in [-0.05, 0) is 30.5 Å². The first kappa shape index (κ1) is 24.0. The van der Waals surface area contributed by atoms with E-state index < -0.39 is 28.4 Å². The number of carbonyl (C=O) groups is 1. The van der Waals surface area contributed by atoms with Gasteiger partial charge in [-0.2, -0.15) is 10.6 Å². The number of nitrogens with zero attached hydrogens (tertiary/aromatic N) is 2. The summed E-state index contributed by atoms with van der Waals surface area (Å²) in [6.07, 6.45) is 2.78. The maximum Gasteiger partial charge on any atom is 0.307 e. The number of hydrogen-bond donors (Lipinski definition) is 3. The lowest BCUT2D eigenvalue weighted by molar-refractivity contribution is -0.143. The van der Waals surface area contributed by atoms with Crippen LogP contribution in [-0.4, -0.2) is 55.7 Å². The number of alkyl halides is 2. The highest BCUT2D eigenvalue weighted by atomic mass is 32.3. The molecule has 0 amide bonds. The minimum absolute atomic E-state index is 0.195. The van der Waals surface area contributed by atoms with Crippen molar-refractivity contribution in [2.45, 2.75) is 56.3 Å². The Morgan fingerprint density at radius 3 is 2.35 bits per heavy atom. The van der Waals surface area contributed by atoms with E-state index >= 15 is 0 Å². The van der Waals surface area contributed by atoms with Gasteiger partial charge in [0, 0.05) is 43.5 Å². The van der Waals surface area contributed by atoms with Crippen LogP contribution in [-0.2, 0) is 4.79 Å². The zero-order valence-corrected chi connectivity index (χ0v) is 20.5. The van der Waals surface area contributed by atoms with Crippen molar-refractivity contribution in [3.05, 3.63) is 35.0 Å². The van der Waals surface area contributed by atoms with Crippen molar-refractivity contribution in [3.8, 4) is 10.4 Å². The topological polar surface area (TPSA) is 93.9 Å². The zero-order valence-electron chi connectivity index (χ0n) is 18.8. The summed E-state index contributed by atoms with van der Waals surface area (Å²) >= 11 is 1.43. The van der Waals surface area contributed by atoms with E-state index in [1.54, 1.807) is 0 Å². The van der Waals surface area contributed by atoms with Gasteiger partial charge in [-0.15, -0.1) is 11.3 Å². The molecular weight excluding hydrogens is 482 g/mol. The number of thiazole rings is 1. The van der Waals surface area contributed by atoms with Gasteiger partial charge in [-0.3, -0.25) is 13.9 Å². The Morgan fingerprint density at radius 2 is 1.74 bits per heavy atom. The summed E-state index contributed by atoms with van der Waals surface area (Å²) in [6.45, 7) is 1.16. The Morgan fingerprint density at radius 1 is 1.09 bits per heavy atom. The predicted molar refractivity (Wildman–Crippen MR) is 132 cm³/mol. The van der Waals surface area contributed by atoms with Gasteiger partial charge >= 0.3 is 5.97 Å². The van der Waals surface area contributed by atoms with Crippen molar-refractivity contribution < 1.29 is 27.8 Å². The van der Waals surface area contributed by atoms with Crippen LogP contribution < -0.4 is 4.90 Å². The second kappa shape index (κ2) is 9.04. The summed E-state index contributed by atoms with van der Waals surface area (Å²) in [5, 5.41) is 10.5. The van der Waals surface area contributed by atoms with Crippen LogP contribution in [0, 0.1) is 5.92 Å². The van der Waals surface area contributed by atoms with Crippen LogP contribution in [0.1, 0.15) is 61.1 Å². The molecule has 10 heteroatoms. The molecule has 2 saturated carbocycles. The van der Waals surface area contributed by atoms with Gasteiger partial charge in [-0.25, -0.2) is 13.8 Å². The molecule has 2 unspecified atom stereocenters. The maximum absolute atomic E-state index is 13.6. The molecule has 5 rings (SSSR count). The molecule has 2 atom stereocenters. The molecule has 2 heterocycles. The molecule has 0 radical (unpaired) electrons. The average molecular weight is 513 g/mol. The number of aliphatic carboxylic acids is 1. The first-order valence-corrected chi connectivity index (χ1v) is 14.5. The number of carboxylic acid groups (broad SMARTS) is 1. The average Bonchev–Trinajstić information content (AvgIpc) is 3.22. The van der Waals surface area contributed by atoms with E-state index in [1.165, 1.54) is 11.3 Å². The second-order valence-corrected chi connectivity index (χ2v) is 13.3. The summed E-state index contributed by atoms with van der Waals surface area (Å²) in [6, 6.07) is 7.94. The third-order valence-electron chi connectivity index (χ3n) is 7.41. The molecule has 3 aliphatic rings. The molecule has 2 aromatic rings. The lowest BCUT2D eigenvalue weighted by atomic mass is 9.76. The summed E-state index contributed by atoms with van der Waals surface area (Å²) in [4.78, 5) is 19.8. The SMILES string of the molecule is O=C(O)C1CCCCC1c1nc(C2CC(F)(F)C2)sc1-c1ccc(N2CCS(O)(O)CC2)cc1. The third kappa shape index (κ3) is 4.82. The quantitative estimate of drug-likeness (QED) is 0.438. The first-order valence-electron chi connectivity index (χ1n) is 11.8. The summed E-state index contributed by atoms with van der Waals surface area (Å²) in [5.41, 5.74) is 2.66. The van der Waals surface area contributed by atoms with Crippen molar-refractivity contribution >= 4 is 33.6 Å². The standard InChI is InChI=1S/C24H30F2N2O4S2/c25-24(26)13-16(14-24)22-27-20(18-3-1-2-4-19(18)23(29)30)21(33-22)15-5-7-17(8-6-15)28-9-11-34(31,32)12-10-28/h5-8,16,18-19,31-32H,1-4,9-14H2,(H,29,30). The second-order valence-electron chi connectivity index (χ2n) is 9.81. The Kier molecular flexibility index (Phi) is 6.37. The van der Waals surface area contributed by atoms with Crippen LogP contribution in [0.15, 0.2) is 24.3 Å². The van der Waals surface area contributed by atoms with Crippen LogP contribution >= 0.6 is 21.9 Å². The number of benzene rings is 1. The van der Waals surface area contributed by atoms with Gasteiger partial charge in [0.15, 0.2) is 0 Å². The molecule has 1 aromatic carbocycles. The van der Waals surface area contributed by atoms with Crippen LogP contribution in [0.2, 0.25) is 0 Å². The van der Waals surface area contributed by atoms with E-state index in [-0.39, 0.29) is 24.7 Å². The first-order chi connectivity index (χ1) is 16.1. The third-order valence-corrected chi connectivity index (χ3v) is 10.4. The fourth-order valence-electron chi connectivity index (χ4n) is 5.38. The number of rotatable bonds is 5. The largest absolute Gasteiger partial charge is 0.481 e. The van der Waals surface area contributed by atoms with E-state index in [9.17, 15) is 27.8 Å². The van der Waals surface area contributed by atoms with Crippen LogP contribution in [0.25, 0.3) is 10.4 Å². The van der Waals surface area contributed by atoms with E-state index in [4.69, 9.17) is 4.98 Å². The lowest BCUT2D eigenvalue weighted by Crippen LogP contribution is -2.38. The molecule has 0 spiro atoms. The fraction of sp³-hybridized carbons (Fsp3) is 0.583. The molecule has 2 aliphatic carbocycles. The predicted octanol–water partition coefficient (Wildman–Crippen LogP) is 6.25. The van der Waals surface area contributed by atoms with Gasteiger partial charge in [-0.1, -0.05) is 25.0 Å². The number of halogens is 2. The fourth-order valence-corrected chi connectivity index (χ4v) is 7.85. The molecule has 34 heavy (non-hydrogen) atoms. The highest BCUT2D eigenvalue weighted by Crippen LogP contribution is 2.52. The van der Waals surface area contributed by atoms with Crippen molar-refractivity contribution in [1.82, 2.24) is 4.98 Å². The number of hydrogen-bond acceptors (Lipinski definition) is 6. The summed E-state index contributed by atoms with van der Waals surface area (Å²) < 4.78 is 46.9. The van der Waals surface area contributed by atoms with E-state index in [2.05, 4.69) is 4.90 Å². The van der Waals surface area contributed by atoms with Crippen LogP contribution in [0.3, 0.4) is 0 Å². The molecule has 3 N–H and O–H groups in total. The minimum Gasteiger partial charge on any atom is -0.481 e. The van der Waals surface area contributed by atoms with Crippen molar-refractivity contribution in [1.29, 1.82) is 0 Å². The number of carboxylic acids is 1. The Bertz CT molecular complexity index is 1040. The Balaban J connectivity index is 1.45. The Hall–Kier alpha value is -1.75. The van der Waals surface area contributed by atoms with Crippen LogP contribution in [0.4, 0.5) is 14.5 Å². The van der Waals surface area contributed by atoms with Crippen molar-refractivity contribution in [3.63, 3.8) is 0 Å². The molecule has 186 valence electrons. The van der Waals surface area contributed by atoms with Gasteiger partial charge in [0.1, 0.15) is 0 Å². The van der Waals surface area contributed by atoms with Gasteiger partial charge < -0.3 is 10.0 Å². The van der Waals surface area contributed by atoms with Gasteiger partial charge in [0.2, 0.25) is 5.92 Å². The highest BCUT2D eigenvalue weighted by molar-refractivity contribution is 8.24. The molecule has 6 nitrogen and oxygen atoms in total. The van der Waals surface area contributed by atoms with Gasteiger partial charge in [0.25, 0.3) is 0 Å². The van der Waals surface area contributed by atoms with Crippen LogP contribution in [0.5, 0.6) is 0 Å². The van der Waals surface area contributed by atoms with Crippen molar-refractivity contribution in [2.24, 2.45) is 5.92 Å². The normalized spacial score (nSPS) is 27.7. The molecular formula is C24H30F2N2O4S2. The maximum atomic E-state index is 13.6. The highest BCUT2D eigenvalue weighted by Gasteiger charge is 2.48. The summed E-state index contributed by atoms with van der Waals surface area (Å²) in [7, 11) is -2.47. The minimum atomic E-state index is -2.64. The molecule has 3 fully saturated rings. The van der Waals surface area contributed by atoms with E-state index in [1.807, 2.05) is 24.3 Å². The number of anilines is 1. The zero-order chi connectivity index (χ0) is 24.1. The Labute approximate surface area is 203 Å². The molecule has 1 aromatic heterocycles. The van der Waals surface area contributed by atoms with Gasteiger partial charge in [0.05, 0.1) is 33.0 Å². The lowest BCUT2D eigenvalue weighted by Gasteiger charge is -2.41. The molecule has 1 aliphatic heterocycles. The van der Waals surface area contributed by atoms with Crippen molar-refractivity contribution in [2.75, 3.05) is 29.5 Å².